The number of ketones is 1. The maximum Gasteiger partial charge on any atom is 0.516 e. The van der Waals surface area contributed by atoms with Crippen molar-refractivity contribution in [2.75, 3.05) is 6.79 Å². The summed E-state index contributed by atoms with van der Waals surface area (Å²) in [6, 6.07) is 8.84. The fourth-order valence-corrected chi connectivity index (χ4v) is 7.84. The zero-order chi connectivity index (χ0) is 35.6. The summed E-state index contributed by atoms with van der Waals surface area (Å²) >= 11 is 5.16. The van der Waals surface area contributed by atoms with Gasteiger partial charge in [-0.3, -0.25) is 14.4 Å². The van der Waals surface area contributed by atoms with Gasteiger partial charge in [0.05, 0.1) is 5.60 Å². The summed E-state index contributed by atoms with van der Waals surface area (Å²) in [5.74, 6) is -1.05. The van der Waals surface area contributed by atoms with Crippen molar-refractivity contribution in [2.45, 2.75) is 110 Å². The molecule has 0 amide bonds. The molecule has 1 aromatic carbocycles. The fourth-order valence-electron chi connectivity index (χ4n) is 5.44. The molecule has 1 heterocycles. The predicted octanol–water partition coefficient (Wildman–Crippen LogP) is 9.53. The van der Waals surface area contributed by atoms with E-state index in [1.807, 2.05) is 56.4 Å². The van der Waals surface area contributed by atoms with Crippen molar-refractivity contribution in [3.05, 3.63) is 58.5 Å². The smallest absolute Gasteiger partial charge is 0.461 e. The van der Waals surface area contributed by atoms with Gasteiger partial charge >= 0.3 is 18.1 Å². The van der Waals surface area contributed by atoms with Gasteiger partial charge in [0.25, 0.3) is 0 Å². The molecule has 0 radical (unpaired) electrons. The number of aliphatic hydroxyl groups is 1. The minimum absolute atomic E-state index is 0.0505. The summed E-state index contributed by atoms with van der Waals surface area (Å²) in [6.07, 6.45) is 13.1. The van der Waals surface area contributed by atoms with Gasteiger partial charge in [0.2, 0.25) is 6.79 Å². The van der Waals surface area contributed by atoms with E-state index in [0.29, 0.717) is 44.3 Å². The molecule has 1 aliphatic rings. The average Bonchev–Trinajstić information content (AvgIpc) is 3.62. The number of hydrogen-bond acceptors (Lipinski definition) is 12. The highest BCUT2D eigenvalue weighted by molar-refractivity contribution is 7.80. The van der Waals surface area contributed by atoms with E-state index in [9.17, 15) is 24.3 Å². The topological polar surface area (TPSA) is 125 Å². The van der Waals surface area contributed by atoms with Crippen molar-refractivity contribution in [1.29, 1.82) is 0 Å². The molecule has 12 heteroatoms. The number of unbranched alkanes of at least 4 members (excludes halogenated alkanes) is 3. The second-order valence-corrected chi connectivity index (χ2v) is 15.4. The third kappa shape index (κ3) is 14.7. The molecule has 1 aliphatic carbocycles. The van der Waals surface area contributed by atoms with E-state index in [0.717, 1.165) is 39.9 Å². The summed E-state index contributed by atoms with van der Waals surface area (Å²) in [4.78, 5) is 50.5. The number of ether oxygens (including phenoxy) is 4. The molecule has 3 rings (SSSR count). The van der Waals surface area contributed by atoms with Crippen molar-refractivity contribution in [1.82, 2.24) is 0 Å². The second-order valence-electron chi connectivity index (χ2n) is 12.5. The molecule has 1 saturated carbocycles. The highest BCUT2D eigenvalue weighted by Gasteiger charge is 2.42. The SMILES string of the molecule is CCCCC(=O)O[C@@H]1CC(=O)[C@H](C/C=C\CCCC(=O)OCOC(=O)Oc2ccc(-c3cc(=S)ss3)cc2)[C@H]1/C=C/C[C@@](C)(O)CCCC. The Bertz CT molecular complexity index is 1470. The average molecular weight is 733 g/mol. The normalized spacial score (nSPS) is 18.9. The molecule has 0 aliphatic heterocycles. The van der Waals surface area contributed by atoms with Crippen LogP contribution in [0.4, 0.5) is 4.79 Å². The van der Waals surface area contributed by atoms with Crippen LogP contribution in [0.1, 0.15) is 97.8 Å². The standard InChI is InChI=1S/C37H48O9S3/c1-4-6-15-34(40)46-31-23-30(38)28(29(31)14-12-22-37(3,42)21-7-5-2)13-10-8-9-11-16-33(39)43-25-44-36(41)45-27-19-17-26(18-20-27)32-24-35(47)49-48-32/h8,10,12,14,17-20,24,28-29,31,42H,4-7,9,11,13,15-16,21-23,25H2,1-3H3/b10-8-,14-12+/t28-,29-,31-,37+/m1/s1. The Morgan fingerprint density at radius 2 is 1.71 bits per heavy atom. The fraction of sp³-hybridized carbons (Fsp3) is 0.541. The third-order valence-electron chi connectivity index (χ3n) is 8.22. The van der Waals surface area contributed by atoms with Gasteiger partial charge in [0.15, 0.2) is 0 Å². The maximum absolute atomic E-state index is 13.0. The van der Waals surface area contributed by atoms with Crippen LogP contribution in [0.15, 0.2) is 54.6 Å². The molecular weight excluding hydrogens is 685 g/mol. The third-order valence-corrected chi connectivity index (χ3v) is 11.1. The number of rotatable bonds is 20. The Labute approximate surface area is 301 Å². The van der Waals surface area contributed by atoms with E-state index in [2.05, 4.69) is 6.92 Å². The second kappa shape index (κ2) is 21.1. The first-order valence-corrected chi connectivity index (χ1v) is 19.5. The molecule has 2 aromatic rings. The van der Waals surface area contributed by atoms with Gasteiger partial charge in [-0.25, -0.2) is 4.79 Å². The van der Waals surface area contributed by atoms with E-state index in [1.165, 1.54) is 10.3 Å². The maximum atomic E-state index is 13.0. The molecule has 0 spiro atoms. The van der Waals surface area contributed by atoms with Crippen LogP contribution in [0.5, 0.6) is 5.75 Å². The number of hydrogen-bond donors (Lipinski definition) is 1. The Morgan fingerprint density at radius 3 is 2.41 bits per heavy atom. The first kappa shape index (κ1) is 40.2. The molecule has 1 fully saturated rings. The number of benzene rings is 1. The van der Waals surface area contributed by atoms with E-state index in [-0.39, 0.29) is 36.4 Å². The summed E-state index contributed by atoms with van der Waals surface area (Å²) in [7, 11) is 3.10. The molecule has 0 unspecified atom stereocenters. The van der Waals surface area contributed by atoms with E-state index in [4.69, 9.17) is 31.2 Å². The van der Waals surface area contributed by atoms with Crippen molar-refractivity contribution < 1.29 is 43.2 Å². The number of allylic oxidation sites excluding steroid dienone is 2. The lowest BCUT2D eigenvalue weighted by atomic mass is 9.88. The summed E-state index contributed by atoms with van der Waals surface area (Å²) in [5.41, 5.74) is 0.131. The molecule has 9 nitrogen and oxygen atoms in total. The van der Waals surface area contributed by atoms with Gasteiger partial charge in [0, 0.05) is 36.0 Å². The predicted molar refractivity (Wildman–Crippen MR) is 194 cm³/mol. The summed E-state index contributed by atoms with van der Waals surface area (Å²) in [5, 5.41) is 10.7. The molecule has 4 atom stereocenters. The van der Waals surface area contributed by atoms with Gasteiger partial charge in [-0.1, -0.05) is 90.3 Å². The van der Waals surface area contributed by atoms with Gasteiger partial charge in [-0.2, -0.15) is 0 Å². The van der Waals surface area contributed by atoms with Crippen molar-refractivity contribution in [2.24, 2.45) is 11.8 Å². The Hall–Kier alpha value is -3.19. The van der Waals surface area contributed by atoms with Crippen LogP contribution >= 0.6 is 32.9 Å². The van der Waals surface area contributed by atoms with Crippen molar-refractivity contribution >= 4 is 56.8 Å². The van der Waals surface area contributed by atoms with Crippen molar-refractivity contribution in [3.63, 3.8) is 0 Å². The molecular formula is C37H48O9S3. The van der Waals surface area contributed by atoms with E-state index in [1.54, 1.807) is 22.5 Å². The Morgan fingerprint density at radius 1 is 0.980 bits per heavy atom. The van der Waals surface area contributed by atoms with Crippen LogP contribution in [0.3, 0.4) is 0 Å². The molecule has 1 aromatic heterocycles. The number of carbonyl (C=O) groups is 4. The van der Waals surface area contributed by atoms with Crippen LogP contribution in [0, 0.1) is 15.7 Å². The number of carbonyl (C=O) groups excluding carboxylic acids is 4. The largest absolute Gasteiger partial charge is 0.516 e. The quantitative estimate of drug-likeness (QED) is 0.0268. The summed E-state index contributed by atoms with van der Waals surface area (Å²) < 4.78 is 21.5. The molecule has 49 heavy (non-hydrogen) atoms. The first-order chi connectivity index (χ1) is 23.5. The highest BCUT2D eigenvalue weighted by Crippen LogP contribution is 2.36. The van der Waals surface area contributed by atoms with Gasteiger partial charge in [-0.05, 0) is 81.3 Å². The minimum Gasteiger partial charge on any atom is -0.461 e. The lowest BCUT2D eigenvalue weighted by Gasteiger charge is -2.23. The van der Waals surface area contributed by atoms with Gasteiger partial charge in [0.1, 0.15) is 21.5 Å². The van der Waals surface area contributed by atoms with Crippen LogP contribution in [-0.4, -0.2) is 47.5 Å². The van der Waals surface area contributed by atoms with Crippen molar-refractivity contribution in [3.8, 4) is 16.2 Å². The molecule has 268 valence electrons. The highest BCUT2D eigenvalue weighted by atomic mass is 32.9. The molecule has 0 bridgehead atoms. The monoisotopic (exact) mass is 732 g/mol. The van der Waals surface area contributed by atoms with Crippen LogP contribution in [0.25, 0.3) is 10.4 Å². The van der Waals surface area contributed by atoms with Crippen LogP contribution < -0.4 is 4.74 Å². The lowest BCUT2D eigenvalue weighted by molar-refractivity contribution is -0.153. The Kier molecular flexibility index (Phi) is 17.3. The molecule has 1 N–H and O–H groups in total. The molecule has 0 saturated heterocycles. The van der Waals surface area contributed by atoms with E-state index >= 15 is 0 Å². The van der Waals surface area contributed by atoms with Gasteiger partial charge < -0.3 is 24.1 Å². The van der Waals surface area contributed by atoms with E-state index < -0.39 is 30.6 Å². The lowest BCUT2D eigenvalue weighted by Crippen LogP contribution is -2.25. The zero-order valence-corrected chi connectivity index (χ0v) is 31.0. The minimum atomic E-state index is -0.982. The number of Topliss-reactive ketones (excluding diaryl/α,β-unsaturated/α-hetero) is 1. The van der Waals surface area contributed by atoms with Gasteiger partial charge in [-0.15, -0.1) is 0 Å². The summed E-state index contributed by atoms with van der Waals surface area (Å²) in [6.45, 7) is 5.35. The first-order valence-electron chi connectivity index (χ1n) is 17.0. The van der Waals surface area contributed by atoms with Crippen LogP contribution in [0.2, 0.25) is 0 Å². The van der Waals surface area contributed by atoms with Crippen LogP contribution in [-0.2, 0) is 28.6 Å². The number of esters is 2. The Balaban J connectivity index is 1.39. The zero-order valence-electron chi connectivity index (χ0n) is 28.6.